The van der Waals surface area contributed by atoms with E-state index in [2.05, 4.69) is 36.9 Å². The molecular formula is C20H24OS. The van der Waals surface area contributed by atoms with Gasteiger partial charge in [-0.05, 0) is 29.5 Å². The van der Waals surface area contributed by atoms with Gasteiger partial charge in [-0.3, -0.25) is 0 Å². The third-order valence-electron chi connectivity index (χ3n) is 3.79. The van der Waals surface area contributed by atoms with Crippen LogP contribution in [0.1, 0.15) is 30.5 Å². The Morgan fingerprint density at radius 2 is 1.50 bits per heavy atom. The highest BCUT2D eigenvalue weighted by atomic mass is 32.2. The first-order valence-corrected chi connectivity index (χ1v) is 8.78. The summed E-state index contributed by atoms with van der Waals surface area (Å²) in [6.45, 7) is 8.16. The number of hydrogen-bond donors (Lipinski definition) is 1. The number of hydrogen-bond acceptors (Lipinski definition) is 2. The lowest BCUT2D eigenvalue weighted by molar-refractivity contribution is 0.165. The van der Waals surface area contributed by atoms with Crippen molar-refractivity contribution < 1.29 is 5.11 Å². The Balaban J connectivity index is 0.000000847. The van der Waals surface area contributed by atoms with E-state index in [1.807, 2.05) is 38.1 Å². The van der Waals surface area contributed by atoms with Gasteiger partial charge in [0.05, 0.1) is 6.10 Å². The highest BCUT2D eigenvalue weighted by Gasteiger charge is 2.27. The molecule has 1 aliphatic carbocycles. The van der Waals surface area contributed by atoms with Crippen LogP contribution in [0.25, 0.3) is 4.91 Å². The first-order valence-electron chi connectivity index (χ1n) is 7.90. The van der Waals surface area contributed by atoms with Crippen molar-refractivity contribution in [2.75, 3.05) is 0 Å². The molecule has 1 nitrogen and oxygen atoms in total. The van der Waals surface area contributed by atoms with Gasteiger partial charge >= 0.3 is 0 Å². The van der Waals surface area contributed by atoms with Gasteiger partial charge in [-0.15, -0.1) is 11.8 Å². The first kappa shape index (κ1) is 16.9. The van der Waals surface area contributed by atoms with Gasteiger partial charge in [0.25, 0.3) is 0 Å². The largest absolute Gasteiger partial charge is 0.392 e. The van der Waals surface area contributed by atoms with E-state index in [4.69, 9.17) is 0 Å². The first-order chi connectivity index (χ1) is 10.7. The molecular weight excluding hydrogens is 288 g/mol. The van der Waals surface area contributed by atoms with Crippen LogP contribution in [0, 0.1) is 0 Å². The van der Waals surface area contributed by atoms with Crippen LogP contribution < -0.4 is 0 Å². The molecule has 0 fully saturated rings. The summed E-state index contributed by atoms with van der Waals surface area (Å²) in [5.74, 6) is 0. The molecule has 2 unspecified atom stereocenters. The molecule has 3 rings (SSSR count). The summed E-state index contributed by atoms with van der Waals surface area (Å²) in [7, 11) is 0. The highest BCUT2D eigenvalue weighted by Crippen LogP contribution is 2.36. The Morgan fingerprint density at radius 1 is 0.955 bits per heavy atom. The van der Waals surface area contributed by atoms with Gasteiger partial charge < -0.3 is 5.11 Å². The summed E-state index contributed by atoms with van der Waals surface area (Å²) in [5.41, 5.74) is 3.78. The number of benzene rings is 2. The molecule has 2 aromatic carbocycles. The lowest BCUT2D eigenvalue weighted by Gasteiger charge is -2.29. The van der Waals surface area contributed by atoms with Crippen LogP contribution in [-0.2, 0) is 12.8 Å². The molecule has 22 heavy (non-hydrogen) atoms. The summed E-state index contributed by atoms with van der Waals surface area (Å²) in [6, 6.07) is 18.6. The van der Waals surface area contributed by atoms with Gasteiger partial charge in [-0.2, -0.15) is 0 Å². The molecule has 0 heterocycles. The second-order valence-electron chi connectivity index (χ2n) is 5.19. The molecule has 0 saturated heterocycles. The Hall–Kier alpha value is -1.51. The Kier molecular flexibility index (Phi) is 6.29. The molecule has 1 N–H and O–H groups in total. The number of fused-ring (bicyclic) bond motifs is 1. The molecule has 116 valence electrons. The molecule has 1 aliphatic rings. The van der Waals surface area contributed by atoms with Crippen LogP contribution in [0.2, 0.25) is 0 Å². The maximum Gasteiger partial charge on any atom is 0.0705 e. The quantitative estimate of drug-likeness (QED) is 0.866. The summed E-state index contributed by atoms with van der Waals surface area (Å²) < 4.78 is 0. The monoisotopic (exact) mass is 312 g/mol. The molecule has 0 saturated carbocycles. The van der Waals surface area contributed by atoms with E-state index in [9.17, 15) is 5.11 Å². The molecule has 0 aromatic heterocycles. The van der Waals surface area contributed by atoms with E-state index in [-0.39, 0.29) is 11.4 Å². The predicted molar refractivity (Wildman–Crippen MR) is 98.1 cm³/mol. The predicted octanol–water partition coefficient (Wildman–Crippen LogP) is 4.95. The molecule has 0 aliphatic heterocycles. The molecule has 2 atom stereocenters. The van der Waals surface area contributed by atoms with Crippen molar-refractivity contribution in [2.45, 2.75) is 38.0 Å². The van der Waals surface area contributed by atoms with Gasteiger partial charge in [0.15, 0.2) is 0 Å². The van der Waals surface area contributed by atoms with E-state index in [1.165, 1.54) is 11.1 Å². The molecule has 2 heteroatoms. The maximum atomic E-state index is 10.3. The van der Waals surface area contributed by atoms with Crippen molar-refractivity contribution in [3.8, 4) is 0 Å². The second-order valence-corrected chi connectivity index (χ2v) is 6.52. The van der Waals surface area contributed by atoms with Gasteiger partial charge in [0.2, 0.25) is 0 Å². The zero-order valence-electron chi connectivity index (χ0n) is 13.3. The van der Waals surface area contributed by atoms with Crippen LogP contribution in [0.4, 0.5) is 0 Å². The maximum absolute atomic E-state index is 10.3. The SMILES string of the molecule is C=C(SC1Cc2ccccc2CC1O)c1ccccc1.CC. The van der Waals surface area contributed by atoms with E-state index in [1.54, 1.807) is 11.8 Å². The van der Waals surface area contributed by atoms with E-state index < -0.39 is 0 Å². The second kappa shape index (κ2) is 8.21. The van der Waals surface area contributed by atoms with Crippen molar-refractivity contribution in [1.29, 1.82) is 0 Å². The van der Waals surface area contributed by atoms with Crippen LogP contribution in [0.3, 0.4) is 0 Å². The standard InChI is InChI=1S/C18H18OS.C2H6/c1-13(14-7-3-2-4-8-14)20-18-12-16-10-6-5-9-15(16)11-17(18)19;1-2/h2-10,17-19H,1,11-12H2;1-2H3. The molecule has 0 radical (unpaired) electrons. The van der Waals surface area contributed by atoms with Crippen LogP contribution in [0.15, 0.2) is 61.2 Å². The van der Waals surface area contributed by atoms with Crippen molar-refractivity contribution in [2.24, 2.45) is 0 Å². The third-order valence-corrected chi connectivity index (χ3v) is 5.09. The van der Waals surface area contributed by atoms with E-state index in [0.29, 0.717) is 0 Å². The zero-order chi connectivity index (χ0) is 15.9. The number of aliphatic hydroxyl groups excluding tert-OH is 1. The smallest absolute Gasteiger partial charge is 0.0705 e. The van der Waals surface area contributed by atoms with Crippen LogP contribution >= 0.6 is 11.8 Å². The number of aliphatic hydroxyl groups is 1. The minimum atomic E-state index is -0.296. The Bertz CT molecular complexity index is 606. The topological polar surface area (TPSA) is 20.2 Å². The fourth-order valence-electron chi connectivity index (χ4n) is 2.66. The van der Waals surface area contributed by atoms with Crippen molar-refractivity contribution in [1.82, 2.24) is 0 Å². The number of thioether (sulfide) groups is 1. The average molecular weight is 312 g/mol. The van der Waals surface area contributed by atoms with Crippen molar-refractivity contribution in [3.63, 3.8) is 0 Å². The third kappa shape index (κ3) is 4.02. The van der Waals surface area contributed by atoms with Gasteiger partial charge in [-0.1, -0.05) is 75.0 Å². The zero-order valence-corrected chi connectivity index (χ0v) is 14.1. The molecule has 0 spiro atoms. The minimum absolute atomic E-state index is 0.192. The number of rotatable bonds is 3. The summed E-state index contributed by atoms with van der Waals surface area (Å²) >= 11 is 1.70. The van der Waals surface area contributed by atoms with Gasteiger partial charge in [0, 0.05) is 10.2 Å². The van der Waals surface area contributed by atoms with E-state index >= 15 is 0 Å². The molecule has 0 bridgehead atoms. The summed E-state index contributed by atoms with van der Waals surface area (Å²) in [5, 5.41) is 10.5. The van der Waals surface area contributed by atoms with Crippen LogP contribution in [-0.4, -0.2) is 16.5 Å². The van der Waals surface area contributed by atoms with E-state index in [0.717, 1.165) is 23.3 Å². The lowest BCUT2D eigenvalue weighted by atomic mass is 9.89. The van der Waals surface area contributed by atoms with Crippen molar-refractivity contribution >= 4 is 16.7 Å². The normalized spacial score (nSPS) is 19.6. The summed E-state index contributed by atoms with van der Waals surface area (Å²) in [6.07, 6.45) is 1.36. The van der Waals surface area contributed by atoms with Crippen LogP contribution in [0.5, 0.6) is 0 Å². The average Bonchev–Trinajstić information content (AvgIpc) is 2.58. The minimum Gasteiger partial charge on any atom is -0.392 e. The Labute approximate surface area is 138 Å². The fourth-order valence-corrected chi connectivity index (χ4v) is 3.81. The fraction of sp³-hybridized carbons (Fsp3) is 0.300. The molecule has 0 amide bonds. The van der Waals surface area contributed by atoms with Crippen molar-refractivity contribution in [3.05, 3.63) is 77.9 Å². The lowest BCUT2D eigenvalue weighted by Crippen LogP contribution is -2.32. The summed E-state index contributed by atoms with van der Waals surface area (Å²) in [4.78, 5) is 1.04. The van der Waals surface area contributed by atoms with Gasteiger partial charge in [0.1, 0.15) is 0 Å². The molecule has 2 aromatic rings. The highest BCUT2D eigenvalue weighted by molar-refractivity contribution is 8.08. The van der Waals surface area contributed by atoms with Gasteiger partial charge in [-0.25, -0.2) is 0 Å². The Morgan fingerprint density at radius 3 is 2.14 bits per heavy atom.